The summed E-state index contributed by atoms with van der Waals surface area (Å²) in [6.07, 6.45) is 11.4. The predicted molar refractivity (Wildman–Crippen MR) is 240 cm³/mol. The number of nitrogens with zero attached hydrogens (tertiary/aromatic N) is 2. The quantitative estimate of drug-likeness (QED) is 0.178. The second-order valence-corrected chi connectivity index (χ2v) is 23.4. The molecule has 342 valence electrons. The molecule has 6 aliphatic rings. The summed E-state index contributed by atoms with van der Waals surface area (Å²) in [5.41, 5.74) is 1.47. The molecule has 11 heteroatoms. The third kappa shape index (κ3) is 6.85. The zero-order chi connectivity index (χ0) is 45.9. The number of ketones is 1. The van der Waals surface area contributed by atoms with E-state index in [1.54, 1.807) is 32.3 Å². The molecule has 11 nitrogen and oxygen atoms in total. The first-order chi connectivity index (χ1) is 29.4. The smallest absolute Gasteiger partial charge is 0.310 e. The van der Waals surface area contributed by atoms with Gasteiger partial charge in [-0.1, -0.05) is 62.3 Å². The highest BCUT2D eigenvalue weighted by Gasteiger charge is 2.70. The predicted octanol–water partition coefficient (Wildman–Crippen LogP) is 9.04. The van der Waals surface area contributed by atoms with Crippen LogP contribution in [-0.2, 0) is 28.7 Å². The van der Waals surface area contributed by atoms with Crippen molar-refractivity contribution < 1.29 is 33.4 Å². The van der Waals surface area contributed by atoms with Gasteiger partial charge in [0.25, 0.3) is 12.4 Å². The summed E-state index contributed by atoms with van der Waals surface area (Å²) >= 11 is 0. The molecule has 1 heterocycles. The molecule has 5 fully saturated rings. The van der Waals surface area contributed by atoms with Gasteiger partial charge in [0.05, 0.1) is 23.5 Å². The number of benzene rings is 1. The van der Waals surface area contributed by atoms with Gasteiger partial charge >= 0.3 is 5.97 Å². The number of hydrogen-bond donors (Lipinski definition) is 2. The third-order valence-electron chi connectivity index (χ3n) is 18.8. The maximum absolute atomic E-state index is 14.6. The Morgan fingerprint density at radius 2 is 1.57 bits per heavy atom. The molecule has 0 aliphatic heterocycles. The lowest BCUT2D eigenvalue weighted by atomic mass is 9.33. The number of amides is 2. The molecule has 8 rings (SSSR count). The van der Waals surface area contributed by atoms with Crippen LogP contribution in [0.1, 0.15) is 156 Å². The largest absolute Gasteiger partial charge is 0.464 e. The van der Waals surface area contributed by atoms with Crippen molar-refractivity contribution in [1.82, 2.24) is 20.2 Å². The van der Waals surface area contributed by atoms with E-state index in [1.807, 2.05) is 43.7 Å². The molecule has 0 bridgehead atoms. The number of hydrogen-bond acceptors (Lipinski definition) is 8. The van der Waals surface area contributed by atoms with Gasteiger partial charge in [-0.05, 0) is 154 Å². The van der Waals surface area contributed by atoms with Crippen molar-refractivity contribution in [2.75, 3.05) is 0 Å². The Kier molecular flexibility index (Phi) is 10.9. The molecule has 6 aliphatic carbocycles. The number of nitrogens with one attached hydrogen (secondary N) is 2. The van der Waals surface area contributed by atoms with E-state index in [9.17, 15) is 24.0 Å². The number of aryl methyl sites for hydroxylation is 1. The van der Waals surface area contributed by atoms with Crippen LogP contribution in [0.3, 0.4) is 0 Å². The zero-order valence-corrected chi connectivity index (χ0v) is 39.9. The molecular formula is C52H72N4O7. The Labute approximate surface area is 374 Å². The fourth-order valence-electron chi connectivity index (χ4n) is 14.9. The monoisotopic (exact) mass is 865 g/mol. The van der Waals surface area contributed by atoms with Crippen molar-refractivity contribution in [2.45, 2.75) is 171 Å². The van der Waals surface area contributed by atoms with Crippen LogP contribution in [0.15, 0.2) is 47.9 Å². The number of imidazole rings is 1. The molecule has 2 N–H and O–H groups in total. The lowest BCUT2D eigenvalue weighted by Crippen LogP contribution is -2.68. The summed E-state index contributed by atoms with van der Waals surface area (Å²) in [4.78, 5) is 71.6. The van der Waals surface area contributed by atoms with Crippen LogP contribution in [0.25, 0.3) is 5.69 Å². The molecule has 2 aromatic rings. The number of allylic oxidation sites excluding steroid dienone is 1. The number of Topliss-reactive ketones (excluding diaryl/α,β-unsaturated/α-hetero) is 1. The Morgan fingerprint density at radius 1 is 0.873 bits per heavy atom. The van der Waals surface area contributed by atoms with Crippen molar-refractivity contribution >= 4 is 30.0 Å². The normalized spacial score (nSPS) is 36.5. The number of carbonyl (C=O) groups excluding carboxylic acids is 5. The molecule has 1 aromatic carbocycles. The molecule has 5 saturated carbocycles. The van der Waals surface area contributed by atoms with Crippen LogP contribution in [0.4, 0.5) is 0 Å². The van der Waals surface area contributed by atoms with Gasteiger partial charge < -0.3 is 24.7 Å². The SMILES string of the molecule is Cc1cn(-c2ccc(C(=O)NC(C)(C)C(=O)N[C@@]34CC[C@]5(C)[C@H](CC[C@@H]6[C@@]7(C)CC[C@H](OC(=O)[C@H]8C[C@@H](OC=O)C8(C)C)C(C)(C)[C@@H]7CC[C@]65C)C3=C(C(C)C)C(=O)C4)cc2)cn1. The van der Waals surface area contributed by atoms with Crippen LogP contribution >= 0.6 is 0 Å². The molecule has 2 amide bonds. The third-order valence-corrected chi connectivity index (χ3v) is 18.8. The number of esters is 1. The summed E-state index contributed by atoms with van der Waals surface area (Å²) in [6.45, 7) is 26.3. The number of aromatic nitrogens is 2. The molecule has 1 aromatic heterocycles. The average Bonchev–Trinajstić information content (AvgIpc) is 3.77. The number of rotatable bonds is 10. The summed E-state index contributed by atoms with van der Waals surface area (Å²) in [6, 6.07) is 7.24. The maximum Gasteiger partial charge on any atom is 0.310 e. The minimum absolute atomic E-state index is 0.0132. The van der Waals surface area contributed by atoms with Crippen molar-refractivity contribution in [3.8, 4) is 5.69 Å². The van der Waals surface area contributed by atoms with Crippen LogP contribution in [0, 0.1) is 63.6 Å². The van der Waals surface area contributed by atoms with Crippen LogP contribution in [-0.4, -0.2) is 62.9 Å². The second-order valence-electron chi connectivity index (χ2n) is 23.4. The van der Waals surface area contributed by atoms with E-state index in [4.69, 9.17) is 9.47 Å². The van der Waals surface area contributed by atoms with Gasteiger partial charge in [0, 0.05) is 34.7 Å². The van der Waals surface area contributed by atoms with Gasteiger partial charge in [-0.2, -0.15) is 0 Å². The van der Waals surface area contributed by atoms with Crippen LogP contribution in [0.2, 0.25) is 0 Å². The van der Waals surface area contributed by atoms with Gasteiger partial charge in [0.2, 0.25) is 5.91 Å². The maximum atomic E-state index is 14.6. The highest BCUT2D eigenvalue weighted by Crippen LogP contribution is 2.76. The van der Waals surface area contributed by atoms with E-state index in [0.29, 0.717) is 36.7 Å². The molecule has 63 heavy (non-hydrogen) atoms. The first kappa shape index (κ1) is 45.3. The molecule has 0 radical (unpaired) electrons. The fourth-order valence-corrected chi connectivity index (χ4v) is 14.9. The first-order valence-corrected chi connectivity index (χ1v) is 23.7. The van der Waals surface area contributed by atoms with Crippen molar-refractivity contribution in [2.24, 2.45) is 56.7 Å². The van der Waals surface area contributed by atoms with E-state index in [1.165, 1.54) is 0 Å². The van der Waals surface area contributed by atoms with Crippen LogP contribution in [0.5, 0.6) is 0 Å². The Hall–Kier alpha value is -4.28. The van der Waals surface area contributed by atoms with E-state index in [0.717, 1.165) is 67.5 Å². The topological polar surface area (TPSA) is 146 Å². The lowest BCUT2D eigenvalue weighted by molar-refractivity contribution is -0.236. The highest BCUT2D eigenvalue weighted by molar-refractivity contribution is 6.03. The lowest BCUT2D eigenvalue weighted by Gasteiger charge is -2.72. The Bertz CT molecular complexity index is 2240. The minimum Gasteiger partial charge on any atom is -0.464 e. The Morgan fingerprint density at radius 3 is 2.19 bits per heavy atom. The standard InChI is InChI=1S/C52H72N4O7/c1-30(2)41-36(58)26-52(55-45(61)48(8,9)54-43(59)32-13-15-33(16-14-32)56-27-31(3)53-28-56)24-23-50(11)34(42(41)52)17-18-38-49(10)21-20-39(47(6,7)37(49)19-22-51(38,50)12)63-44(60)35-25-40(62-29-57)46(35,4)5/h13-16,27-30,34-35,37-40H,17-26H2,1-12H3,(H,54,59)(H,55,61)/t34-,35-,37+,38-,39+,40-,49+,50-,51-,52-/m1/s1. The first-order valence-electron chi connectivity index (χ1n) is 23.7. The average molecular weight is 865 g/mol. The van der Waals surface area contributed by atoms with E-state index in [-0.39, 0.29) is 81.6 Å². The summed E-state index contributed by atoms with van der Waals surface area (Å²) in [7, 11) is 0. The van der Waals surface area contributed by atoms with Gasteiger partial charge in [0.15, 0.2) is 5.78 Å². The van der Waals surface area contributed by atoms with Gasteiger partial charge in [0.1, 0.15) is 17.7 Å². The summed E-state index contributed by atoms with van der Waals surface area (Å²) in [5.74, 6) is 0.00479. The fraction of sp³-hybridized carbons (Fsp3) is 0.692. The van der Waals surface area contributed by atoms with Crippen molar-refractivity contribution in [1.29, 1.82) is 0 Å². The zero-order valence-electron chi connectivity index (χ0n) is 39.9. The van der Waals surface area contributed by atoms with Gasteiger partial charge in [-0.25, -0.2) is 4.98 Å². The van der Waals surface area contributed by atoms with Gasteiger partial charge in [-0.3, -0.25) is 24.0 Å². The molecule has 10 atom stereocenters. The summed E-state index contributed by atoms with van der Waals surface area (Å²) in [5, 5.41) is 6.49. The van der Waals surface area contributed by atoms with E-state index >= 15 is 0 Å². The minimum atomic E-state index is -1.25. The van der Waals surface area contributed by atoms with E-state index < -0.39 is 16.5 Å². The molecular weight excluding hydrogens is 793 g/mol. The van der Waals surface area contributed by atoms with Crippen LogP contribution < -0.4 is 10.6 Å². The highest BCUT2D eigenvalue weighted by atomic mass is 16.6. The molecule has 0 spiro atoms. The van der Waals surface area contributed by atoms with Gasteiger partial charge in [-0.15, -0.1) is 0 Å². The second kappa shape index (κ2) is 15.1. The Balaban J connectivity index is 1.01. The summed E-state index contributed by atoms with van der Waals surface area (Å²) < 4.78 is 13.6. The van der Waals surface area contributed by atoms with Crippen molar-refractivity contribution in [3.05, 3.63) is 59.2 Å². The molecule has 0 unspecified atom stereocenters. The van der Waals surface area contributed by atoms with Crippen molar-refractivity contribution in [3.63, 3.8) is 0 Å². The molecule has 0 saturated heterocycles. The number of fused-ring (bicyclic) bond motifs is 7. The number of ether oxygens (including phenoxy) is 2. The number of carbonyl (C=O) groups is 5. The van der Waals surface area contributed by atoms with E-state index in [2.05, 4.69) is 64.1 Å².